The molecule has 1 heterocycles. The summed E-state index contributed by atoms with van der Waals surface area (Å²) in [6.07, 6.45) is 0. The third kappa shape index (κ3) is 2.29. The maximum atomic E-state index is 11.3. The van der Waals surface area contributed by atoms with E-state index < -0.39 is 5.97 Å². The summed E-state index contributed by atoms with van der Waals surface area (Å²) in [5.74, 6) is -0.933. The molecule has 0 saturated carbocycles. The van der Waals surface area contributed by atoms with Gasteiger partial charge in [-0.3, -0.25) is 4.68 Å². The molecule has 5 heteroatoms. The fourth-order valence-corrected chi connectivity index (χ4v) is 1.76. The van der Waals surface area contributed by atoms with E-state index in [1.807, 2.05) is 37.2 Å². The van der Waals surface area contributed by atoms with Crippen molar-refractivity contribution < 1.29 is 9.90 Å². The van der Waals surface area contributed by atoms with Gasteiger partial charge in [0.25, 0.3) is 0 Å². The first-order valence-electron chi connectivity index (χ1n) is 5.43. The summed E-state index contributed by atoms with van der Waals surface area (Å²) >= 11 is 0. The molecule has 17 heavy (non-hydrogen) atoms. The summed E-state index contributed by atoms with van der Waals surface area (Å²) in [6.45, 7) is 1.33. The van der Waals surface area contributed by atoms with Crippen molar-refractivity contribution in [3.05, 3.63) is 30.0 Å². The van der Waals surface area contributed by atoms with Crippen molar-refractivity contribution in [1.29, 1.82) is 0 Å². The number of carboxylic acid groups (broad SMARTS) is 1. The number of aromatic carboxylic acids is 1. The van der Waals surface area contributed by atoms with Crippen LogP contribution in [-0.2, 0) is 6.54 Å². The predicted octanol–water partition coefficient (Wildman–Crippen LogP) is 1.30. The average molecular weight is 233 g/mol. The third-order valence-electron chi connectivity index (χ3n) is 2.61. The van der Waals surface area contributed by atoms with Crippen molar-refractivity contribution in [2.45, 2.75) is 6.54 Å². The zero-order valence-electron chi connectivity index (χ0n) is 9.92. The first-order chi connectivity index (χ1) is 8.09. The topological polar surface area (TPSA) is 58.4 Å². The summed E-state index contributed by atoms with van der Waals surface area (Å²) in [4.78, 5) is 13.3. The van der Waals surface area contributed by atoms with Crippen molar-refractivity contribution >= 4 is 16.9 Å². The number of aromatic nitrogens is 2. The van der Waals surface area contributed by atoms with E-state index in [4.69, 9.17) is 0 Å². The number of rotatable bonds is 4. The van der Waals surface area contributed by atoms with Crippen LogP contribution in [0, 0.1) is 0 Å². The van der Waals surface area contributed by atoms with Crippen LogP contribution in [0.15, 0.2) is 24.3 Å². The van der Waals surface area contributed by atoms with Gasteiger partial charge in [-0.25, -0.2) is 4.79 Å². The van der Waals surface area contributed by atoms with Gasteiger partial charge in [0, 0.05) is 11.9 Å². The molecule has 5 nitrogen and oxygen atoms in total. The van der Waals surface area contributed by atoms with Crippen LogP contribution in [0.3, 0.4) is 0 Å². The Morgan fingerprint density at radius 1 is 1.41 bits per heavy atom. The number of likely N-dealkylation sites (N-methyl/N-ethyl adjacent to an activating group) is 1. The molecule has 0 atom stereocenters. The van der Waals surface area contributed by atoms with E-state index in [-0.39, 0.29) is 5.69 Å². The van der Waals surface area contributed by atoms with E-state index in [0.717, 1.165) is 12.1 Å². The lowest BCUT2D eigenvalue weighted by Crippen LogP contribution is -2.21. The molecule has 90 valence electrons. The third-order valence-corrected chi connectivity index (χ3v) is 2.61. The van der Waals surface area contributed by atoms with Crippen LogP contribution < -0.4 is 0 Å². The Bertz CT molecular complexity index is 546. The smallest absolute Gasteiger partial charge is 0.354 e. The standard InChI is InChI=1S/C12H15N3O2/c1-14(2)7-8-15-11(12(16)17)9-5-3-4-6-10(9)13-15/h3-6H,7-8H2,1-2H3,(H,16,17). The van der Waals surface area contributed by atoms with Gasteiger partial charge in [0.2, 0.25) is 0 Å². The van der Waals surface area contributed by atoms with Gasteiger partial charge in [0.1, 0.15) is 0 Å². The maximum absolute atomic E-state index is 11.3. The van der Waals surface area contributed by atoms with Crippen molar-refractivity contribution in [1.82, 2.24) is 14.7 Å². The molecule has 0 spiro atoms. The molecule has 2 rings (SSSR count). The van der Waals surface area contributed by atoms with Gasteiger partial charge in [-0.05, 0) is 20.2 Å². The zero-order chi connectivity index (χ0) is 12.4. The number of carboxylic acids is 1. The summed E-state index contributed by atoms with van der Waals surface area (Å²) in [6, 6.07) is 7.30. The number of fused-ring (bicyclic) bond motifs is 1. The van der Waals surface area contributed by atoms with Crippen molar-refractivity contribution in [3.63, 3.8) is 0 Å². The lowest BCUT2D eigenvalue weighted by atomic mass is 10.2. The van der Waals surface area contributed by atoms with Crippen LogP contribution in [0.4, 0.5) is 0 Å². The van der Waals surface area contributed by atoms with Gasteiger partial charge in [0.15, 0.2) is 5.69 Å². The van der Waals surface area contributed by atoms with Crippen LogP contribution in [0.2, 0.25) is 0 Å². The van der Waals surface area contributed by atoms with E-state index in [1.165, 1.54) is 0 Å². The van der Waals surface area contributed by atoms with Gasteiger partial charge in [0.05, 0.1) is 12.1 Å². The molecule has 1 aromatic heterocycles. The Morgan fingerprint density at radius 2 is 2.12 bits per heavy atom. The molecule has 1 aromatic carbocycles. The van der Waals surface area contributed by atoms with E-state index in [9.17, 15) is 9.90 Å². The van der Waals surface area contributed by atoms with E-state index in [0.29, 0.717) is 11.9 Å². The molecule has 0 aliphatic heterocycles. The summed E-state index contributed by atoms with van der Waals surface area (Å²) in [7, 11) is 3.90. The number of carbonyl (C=O) groups is 1. The highest BCUT2D eigenvalue weighted by molar-refractivity contribution is 6.01. The van der Waals surface area contributed by atoms with E-state index in [2.05, 4.69) is 5.10 Å². The summed E-state index contributed by atoms with van der Waals surface area (Å²) in [5.41, 5.74) is 0.992. The average Bonchev–Trinajstić information content (AvgIpc) is 2.64. The Morgan fingerprint density at radius 3 is 2.76 bits per heavy atom. The fourth-order valence-electron chi connectivity index (χ4n) is 1.76. The van der Waals surface area contributed by atoms with E-state index >= 15 is 0 Å². The first kappa shape index (κ1) is 11.6. The van der Waals surface area contributed by atoms with Gasteiger partial charge >= 0.3 is 5.97 Å². The molecule has 1 N–H and O–H groups in total. The normalized spacial score (nSPS) is 11.2. The largest absolute Gasteiger partial charge is 0.477 e. The van der Waals surface area contributed by atoms with Crippen LogP contribution in [0.25, 0.3) is 10.9 Å². The first-order valence-corrected chi connectivity index (χ1v) is 5.43. The highest BCUT2D eigenvalue weighted by Crippen LogP contribution is 2.17. The Balaban J connectivity index is 2.46. The quantitative estimate of drug-likeness (QED) is 0.864. The number of benzene rings is 1. The van der Waals surface area contributed by atoms with Crippen LogP contribution in [0.1, 0.15) is 10.5 Å². The molecule has 2 aromatic rings. The Kier molecular flexibility index (Phi) is 3.10. The number of hydrogen-bond donors (Lipinski definition) is 1. The molecular weight excluding hydrogens is 218 g/mol. The van der Waals surface area contributed by atoms with E-state index in [1.54, 1.807) is 10.7 Å². The lowest BCUT2D eigenvalue weighted by Gasteiger charge is -2.10. The SMILES string of the molecule is CN(C)CCn1nc2ccccc2c1C(=O)O. The predicted molar refractivity (Wildman–Crippen MR) is 65.2 cm³/mol. The molecule has 0 fully saturated rings. The minimum absolute atomic E-state index is 0.266. The summed E-state index contributed by atoms with van der Waals surface area (Å²) in [5, 5.41) is 14.3. The molecule has 0 unspecified atom stereocenters. The number of hydrogen-bond acceptors (Lipinski definition) is 3. The molecule has 0 aliphatic carbocycles. The summed E-state index contributed by atoms with van der Waals surface area (Å²) < 4.78 is 1.56. The molecule has 0 aliphatic rings. The zero-order valence-corrected chi connectivity index (χ0v) is 9.92. The molecule has 0 bridgehead atoms. The second-order valence-electron chi connectivity index (χ2n) is 4.20. The molecule has 0 amide bonds. The highest BCUT2D eigenvalue weighted by atomic mass is 16.4. The monoisotopic (exact) mass is 233 g/mol. The lowest BCUT2D eigenvalue weighted by molar-refractivity contribution is 0.0684. The van der Waals surface area contributed by atoms with Crippen molar-refractivity contribution in [2.24, 2.45) is 0 Å². The minimum atomic E-state index is -0.933. The fraction of sp³-hybridized carbons (Fsp3) is 0.333. The minimum Gasteiger partial charge on any atom is -0.477 e. The second-order valence-corrected chi connectivity index (χ2v) is 4.20. The van der Waals surface area contributed by atoms with Crippen molar-refractivity contribution in [2.75, 3.05) is 20.6 Å². The number of nitrogens with zero attached hydrogens (tertiary/aromatic N) is 3. The molecule has 0 radical (unpaired) electrons. The van der Waals surface area contributed by atoms with Gasteiger partial charge in [-0.1, -0.05) is 18.2 Å². The Labute approximate surface area is 99.3 Å². The highest BCUT2D eigenvalue weighted by Gasteiger charge is 2.16. The van der Waals surface area contributed by atoms with Gasteiger partial charge < -0.3 is 10.0 Å². The maximum Gasteiger partial charge on any atom is 0.354 e. The van der Waals surface area contributed by atoms with Crippen molar-refractivity contribution in [3.8, 4) is 0 Å². The van der Waals surface area contributed by atoms with Crippen LogP contribution in [-0.4, -0.2) is 46.4 Å². The molecule has 0 saturated heterocycles. The Hall–Kier alpha value is -1.88. The molecular formula is C12H15N3O2. The van der Waals surface area contributed by atoms with Gasteiger partial charge in [-0.15, -0.1) is 0 Å². The second kappa shape index (κ2) is 4.55. The van der Waals surface area contributed by atoms with Crippen LogP contribution in [0.5, 0.6) is 0 Å². The van der Waals surface area contributed by atoms with Crippen LogP contribution >= 0.6 is 0 Å². The van der Waals surface area contributed by atoms with Gasteiger partial charge in [-0.2, -0.15) is 5.10 Å².